The van der Waals surface area contributed by atoms with Crippen molar-refractivity contribution in [2.75, 3.05) is 26.2 Å². The van der Waals surface area contributed by atoms with Crippen molar-refractivity contribution in [2.24, 2.45) is 0 Å². The summed E-state index contributed by atoms with van der Waals surface area (Å²) in [6.07, 6.45) is 3.51. The van der Waals surface area contributed by atoms with Crippen molar-refractivity contribution < 1.29 is 23.1 Å². The molecular weight excluding hydrogens is 330 g/mol. The molecule has 1 saturated heterocycles. The number of carbonyl (C=O) groups is 2. The second-order valence-electron chi connectivity index (χ2n) is 6.00. The summed E-state index contributed by atoms with van der Waals surface area (Å²) < 4.78 is 29.4. The number of rotatable bonds is 7. The number of hydrogen-bond acceptors (Lipinski definition) is 3. The molecule has 0 aromatic heterocycles. The summed E-state index contributed by atoms with van der Waals surface area (Å²) in [7, 11) is 0. The van der Waals surface area contributed by atoms with Gasteiger partial charge in [0.05, 0.1) is 5.56 Å². The first-order valence-electron chi connectivity index (χ1n) is 8.63. The van der Waals surface area contributed by atoms with Crippen LogP contribution in [0.3, 0.4) is 0 Å². The Bertz CT molecular complexity index is 587. The predicted molar refractivity (Wildman–Crippen MR) is 89.7 cm³/mol. The first-order chi connectivity index (χ1) is 12.0. The van der Waals surface area contributed by atoms with E-state index in [0.29, 0.717) is 32.6 Å². The summed E-state index contributed by atoms with van der Waals surface area (Å²) in [6, 6.07) is 5.98. The van der Waals surface area contributed by atoms with Gasteiger partial charge in [-0.25, -0.2) is 0 Å². The Morgan fingerprint density at radius 3 is 2.36 bits per heavy atom. The van der Waals surface area contributed by atoms with Gasteiger partial charge in [0, 0.05) is 32.6 Å². The third kappa shape index (κ3) is 5.41. The number of halogens is 2. The van der Waals surface area contributed by atoms with Crippen molar-refractivity contribution in [3.05, 3.63) is 29.8 Å². The third-order valence-corrected chi connectivity index (χ3v) is 4.25. The zero-order valence-corrected chi connectivity index (χ0v) is 14.4. The number of amides is 2. The number of unbranched alkanes of at least 4 members (excludes halogenated alkanes) is 2. The van der Waals surface area contributed by atoms with Crippen LogP contribution in [0.2, 0.25) is 0 Å². The zero-order chi connectivity index (χ0) is 18.2. The van der Waals surface area contributed by atoms with Gasteiger partial charge in [0.1, 0.15) is 5.75 Å². The molecule has 1 aromatic carbocycles. The van der Waals surface area contributed by atoms with Crippen LogP contribution in [-0.2, 0) is 4.79 Å². The quantitative estimate of drug-likeness (QED) is 0.707. The minimum Gasteiger partial charge on any atom is -0.434 e. The van der Waals surface area contributed by atoms with E-state index in [1.165, 1.54) is 12.1 Å². The fourth-order valence-electron chi connectivity index (χ4n) is 2.86. The Kier molecular flexibility index (Phi) is 7.16. The van der Waals surface area contributed by atoms with E-state index in [-0.39, 0.29) is 23.1 Å². The highest BCUT2D eigenvalue weighted by atomic mass is 19.3. The zero-order valence-electron chi connectivity index (χ0n) is 14.4. The van der Waals surface area contributed by atoms with Gasteiger partial charge in [-0.1, -0.05) is 31.9 Å². The van der Waals surface area contributed by atoms with E-state index in [4.69, 9.17) is 0 Å². The molecule has 0 saturated carbocycles. The molecule has 1 aromatic rings. The lowest BCUT2D eigenvalue weighted by Gasteiger charge is -2.35. The van der Waals surface area contributed by atoms with Crippen LogP contribution in [0.5, 0.6) is 5.75 Å². The van der Waals surface area contributed by atoms with Gasteiger partial charge in [-0.15, -0.1) is 0 Å². The Hall–Kier alpha value is -2.18. The summed E-state index contributed by atoms with van der Waals surface area (Å²) in [5.74, 6) is -0.364. The van der Waals surface area contributed by atoms with E-state index in [2.05, 4.69) is 11.7 Å². The van der Waals surface area contributed by atoms with Crippen LogP contribution < -0.4 is 4.74 Å². The molecule has 25 heavy (non-hydrogen) atoms. The number of ether oxygens (including phenoxy) is 1. The van der Waals surface area contributed by atoms with Crippen molar-refractivity contribution in [2.45, 2.75) is 39.2 Å². The van der Waals surface area contributed by atoms with E-state index in [9.17, 15) is 18.4 Å². The first kappa shape index (κ1) is 19.1. The molecule has 0 radical (unpaired) electrons. The molecule has 0 spiro atoms. The molecule has 0 aliphatic carbocycles. The third-order valence-electron chi connectivity index (χ3n) is 4.25. The second-order valence-corrected chi connectivity index (χ2v) is 6.00. The summed E-state index contributed by atoms with van der Waals surface area (Å²) in [4.78, 5) is 28.0. The molecular formula is C18H24F2N2O3. The molecule has 2 rings (SSSR count). The van der Waals surface area contributed by atoms with E-state index in [0.717, 1.165) is 19.3 Å². The van der Waals surface area contributed by atoms with E-state index < -0.39 is 6.61 Å². The summed E-state index contributed by atoms with van der Waals surface area (Å²) >= 11 is 0. The van der Waals surface area contributed by atoms with Crippen molar-refractivity contribution in [1.82, 2.24) is 9.80 Å². The summed E-state index contributed by atoms with van der Waals surface area (Å²) in [5.41, 5.74) is 0.116. The molecule has 5 nitrogen and oxygen atoms in total. The summed E-state index contributed by atoms with van der Waals surface area (Å²) in [6.45, 7) is 0.822. The molecule has 0 bridgehead atoms. The average molecular weight is 354 g/mol. The number of para-hydroxylation sites is 1. The van der Waals surface area contributed by atoms with Gasteiger partial charge in [0.25, 0.3) is 5.91 Å². The van der Waals surface area contributed by atoms with Gasteiger partial charge < -0.3 is 14.5 Å². The fourth-order valence-corrected chi connectivity index (χ4v) is 2.86. The van der Waals surface area contributed by atoms with Gasteiger partial charge in [0.2, 0.25) is 5.91 Å². The van der Waals surface area contributed by atoms with Crippen LogP contribution in [0.4, 0.5) is 8.78 Å². The lowest BCUT2D eigenvalue weighted by Crippen LogP contribution is -2.50. The van der Waals surface area contributed by atoms with Gasteiger partial charge in [-0.2, -0.15) is 8.78 Å². The molecule has 2 amide bonds. The number of hydrogen-bond donors (Lipinski definition) is 0. The maximum atomic E-state index is 12.6. The molecule has 1 aliphatic rings. The second kappa shape index (κ2) is 9.34. The average Bonchev–Trinajstić information content (AvgIpc) is 2.61. The lowest BCUT2D eigenvalue weighted by molar-refractivity contribution is -0.132. The normalized spacial score (nSPS) is 14.7. The van der Waals surface area contributed by atoms with Gasteiger partial charge in [-0.3, -0.25) is 9.59 Å². The van der Waals surface area contributed by atoms with Gasteiger partial charge in [-0.05, 0) is 18.6 Å². The summed E-state index contributed by atoms with van der Waals surface area (Å²) in [5, 5.41) is 0. The minimum absolute atomic E-state index is 0.113. The maximum Gasteiger partial charge on any atom is 0.387 e. The van der Waals surface area contributed by atoms with Crippen LogP contribution in [-0.4, -0.2) is 54.4 Å². The Labute approximate surface area is 146 Å². The highest BCUT2D eigenvalue weighted by molar-refractivity contribution is 5.97. The molecule has 1 heterocycles. The molecule has 1 aliphatic heterocycles. The smallest absolute Gasteiger partial charge is 0.387 e. The predicted octanol–water partition coefficient (Wildman–Crippen LogP) is 3.15. The van der Waals surface area contributed by atoms with Crippen molar-refractivity contribution >= 4 is 11.8 Å². The molecule has 7 heteroatoms. The van der Waals surface area contributed by atoms with E-state index in [1.54, 1.807) is 21.9 Å². The molecule has 1 fully saturated rings. The number of alkyl halides is 2. The van der Waals surface area contributed by atoms with Crippen molar-refractivity contribution in [1.29, 1.82) is 0 Å². The monoisotopic (exact) mass is 354 g/mol. The Morgan fingerprint density at radius 2 is 1.72 bits per heavy atom. The van der Waals surface area contributed by atoms with Crippen LogP contribution >= 0.6 is 0 Å². The van der Waals surface area contributed by atoms with Crippen molar-refractivity contribution in [3.63, 3.8) is 0 Å². The number of carbonyl (C=O) groups excluding carboxylic acids is 2. The maximum absolute atomic E-state index is 12.6. The van der Waals surface area contributed by atoms with Gasteiger partial charge in [0.15, 0.2) is 0 Å². The topological polar surface area (TPSA) is 49.9 Å². The van der Waals surface area contributed by atoms with Crippen LogP contribution in [0, 0.1) is 0 Å². The van der Waals surface area contributed by atoms with Crippen molar-refractivity contribution in [3.8, 4) is 5.75 Å². The number of nitrogens with zero attached hydrogens (tertiary/aromatic N) is 2. The van der Waals surface area contributed by atoms with Crippen LogP contribution in [0.1, 0.15) is 43.0 Å². The molecule has 0 N–H and O–H groups in total. The molecule has 138 valence electrons. The minimum atomic E-state index is -2.98. The standard InChI is InChI=1S/C18H24F2N2O3/c1-2-3-4-9-16(23)21-10-12-22(13-11-21)17(24)14-7-5-6-8-15(14)25-18(19)20/h5-8,18H,2-4,9-13H2,1H3. The molecule has 0 unspecified atom stereocenters. The fraction of sp³-hybridized carbons (Fsp3) is 0.556. The highest BCUT2D eigenvalue weighted by Crippen LogP contribution is 2.22. The Balaban J connectivity index is 1.92. The Morgan fingerprint density at radius 1 is 1.08 bits per heavy atom. The highest BCUT2D eigenvalue weighted by Gasteiger charge is 2.26. The number of piperazine rings is 1. The number of benzene rings is 1. The molecule has 0 atom stereocenters. The van der Waals surface area contributed by atoms with Gasteiger partial charge >= 0.3 is 6.61 Å². The van der Waals surface area contributed by atoms with E-state index >= 15 is 0 Å². The first-order valence-corrected chi connectivity index (χ1v) is 8.63. The SMILES string of the molecule is CCCCCC(=O)N1CCN(C(=O)c2ccccc2OC(F)F)CC1. The van der Waals surface area contributed by atoms with Crippen LogP contribution in [0.15, 0.2) is 24.3 Å². The largest absolute Gasteiger partial charge is 0.434 e. The van der Waals surface area contributed by atoms with Crippen LogP contribution in [0.25, 0.3) is 0 Å². The lowest BCUT2D eigenvalue weighted by atomic mass is 10.1. The van der Waals surface area contributed by atoms with E-state index in [1.807, 2.05) is 0 Å².